The van der Waals surface area contributed by atoms with Crippen LogP contribution in [0.1, 0.15) is 34.2 Å². The number of fused-ring (bicyclic) bond motifs is 1. The highest BCUT2D eigenvalue weighted by atomic mass is 16.5. The van der Waals surface area contributed by atoms with Crippen molar-refractivity contribution in [1.82, 2.24) is 9.97 Å². The lowest BCUT2D eigenvalue weighted by Crippen LogP contribution is -2.30. The van der Waals surface area contributed by atoms with Gasteiger partial charge in [0.15, 0.2) is 6.10 Å². The summed E-state index contributed by atoms with van der Waals surface area (Å²) in [6.45, 7) is 5.20. The normalized spacial score (nSPS) is 11.5. The number of anilines is 1. The van der Waals surface area contributed by atoms with Crippen LogP contribution in [0.3, 0.4) is 0 Å². The maximum atomic E-state index is 12.4. The molecule has 1 amide bonds. The number of nitriles is 1. The zero-order chi connectivity index (χ0) is 20.3. The first-order valence-electron chi connectivity index (χ1n) is 8.64. The van der Waals surface area contributed by atoms with Crippen molar-refractivity contribution in [2.75, 3.05) is 5.32 Å². The number of carbonyl (C=O) groups is 2. The Morgan fingerprint density at radius 1 is 1.07 bits per heavy atom. The van der Waals surface area contributed by atoms with Gasteiger partial charge in [0.05, 0.1) is 39.6 Å². The van der Waals surface area contributed by atoms with Crippen molar-refractivity contribution in [3.8, 4) is 6.07 Å². The molecule has 0 unspecified atom stereocenters. The minimum absolute atomic E-state index is 0.288. The van der Waals surface area contributed by atoms with Gasteiger partial charge >= 0.3 is 5.97 Å². The molecule has 2 aromatic carbocycles. The zero-order valence-electron chi connectivity index (χ0n) is 15.7. The van der Waals surface area contributed by atoms with Gasteiger partial charge in [0.2, 0.25) is 0 Å². The number of rotatable bonds is 4. The minimum atomic E-state index is -1.01. The van der Waals surface area contributed by atoms with Crippen LogP contribution in [0.25, 0.3) is 11.0 Å². The van der Waals surface area contributed by atoms with Gasteiger partial charge in [0, 0.05) is 5.69 Å². The number of hydrogen-bond acceptors (Lipinski definition) is 6. The summed E-state index contributed by atoms with van der Waals surface area (Å²) in [7, 11) is 0. The number of carbonyl (C=O) groups excluding carboxylic acids is 2. The summed E-state index contributed by atoms with van der Waals surface area (Å²) in [6.07, 6.45) is -1.01. The first kappa shape index (κ1) is 19.0. The number of benzene rings is 2. The van der Waals surface area contributed by atoms with Crippen molar-refractivity contribution in [2.45, 2.75) is 26.9 Å². The van der Waals surface area contributed by atoms with E-state index in [-0.39, 0.29) is 5.56 Å². The molecule has 3 aromatic rings. The number of hydrogen-bond donors (Lipinski definition) is 1. The Labute approximate surface area is 162 Å². The van der Waals surface area contributed by atoms with E-state index in [0.29, 0.717) is 22.3 Å². The van der Waals surface area contributed by atoms with Gasteiger partial charge in [-0.25, -0.2) is 14.8 Å². The maximum absolute atomic E-state index is 12.4. The molecular formula is C21H18N4O3. The number of amides is 1. The third-order valence-electron chi connectivity index (χ3n) is 4.22. The summed E-state index contributed by atoms with van der Waals surface area (Å²) in [6, 6.07) is 13.4. The van der Waals surface area contributed by atoms with E-state index in [2.05, 4.69) is 15.3 Å². The maximum Gasteiger partial charge on any atom is 0.338 e. The fourth-order valence-electron chi connectivity index (χ4n) is 2.55. The average molecular weight is 374 g/mol. The lowest BCUT2D eigenvalue weighted by molar-refractivity contribution is -0.123. The van der Waals surface area contributed by atoms with Crippen LogP contribution in [0.4, 0.5) is 5.69 Å². The molecular weight excluding hydrogens is 356 g/mol. The van der Waals surface area contributed by atoms with Gasteiger partial charge in [-0.2, -0.15) is 5.26 Å². The molecule has 1 N–H and O–H groups in total. The second kappa shape index (κ2) is 7.84. The summed E-state index contributed by atoms with van der Waals surface area (Å²) in [4.78, 5) is 33.5. The van der Waals surface area contributed by atoms with Gasteiger partial charge in [-0.05, 0) is 57.2 Å². The molecule has 0 aliphatic carbocycles. The molecule has 0 fully saturated rings. The highest BCUT2D eigenvalue weighted by Crippen LogP contribution is 2.16. The Kier molecular flexibility index (Phi) is 5.32. The van der Waals surface area contributed by atoms with E-state index < -0.39 is 18.0 Å². The van der Waals surface area contributed by atoms with Crippen molar-refractivity contribution in [1.29, 1.82) is 5.26 Å². The molecule has 7 heteroatoms. The Morgan fingerprint density at radius 3 is 2.50 bits per heavy atom. The highest BCUT2D eigenvalue weighted by Gasteiger charge is 2.20. The number of ether oxygens (including phenoxy) is 1. The van der Waals surface area contributed by atoms with E-state index in [9.17, 15) is 9.59 Å². The van der Waals surface area contributed by atoms with E-state index in [4.69, 9.17) is 10.00 Å². The lowest BCUT2D eigenvalue weighted by atomic mass is 10.2. The van der Waals surface area contributed by atoms with E-state index >= 15 is 0 Å². The molecule has 0 saturated carbocycles. The van der Waals surface area contributed by atoms with Crippen molar-refractivity contribution in [3.05, 3.63) is 65.0 Å². The second-order valence-corrected chi connectivity index (χ2v) is 6.33. The number of aryl methyl sites for hydroxylation is 2. The fourth-order valence-corrected chi connectivity index (χ4v) is 2.55. The van der Waals surface area contributed by atoms with E-state index in [1.165, 1.54) is 6.92 Å². The van der Waals surface area contributed by atoms with Gasteiger partial charge in [0.25, 0.3) is 5.91 Å². The molecule has 0 aliphatic heterocycles. The van der Waals surface area contributed by atoms with Gasteiger partial charge in [-0.1, -0.05) is 6.07 Å². The van der Waals surface area contributed by atoms with Crippen molar-refractivity contribution >= 4 is 28.6 Å². The summed E-state index contributed by atoms with van der Waals surface area (Å²) in [5.74, 6) is -1.12. The number of esters is 1. The minimum Gasteiger partial charge on any atom is -0.449 e. The first-order chi connectivity index (χ1) is 13.4. The van der Waals surface area contributed by atoms with Crippen LogP contribution >= 0.6 is 0 Å². The molecule has 7 nitrogen and oxygen atoms in total. The number of nitrogens with zero attached hydrogens (tertiary/aromatic N) is 3. The van der Waals surface area contributed by atoms with E-state index in [1.807, 2.05) is 19.9 Å². The molecule has 3 rings (SSSR count). The smallest absolute Gasteiger partial charge is 0.338 e. The fraction of sp³-hybridized carbons (Fsp3) is 0.190. The molecule has 0 aliphatic rings. The SMILES string of the molecule is Cc1nc2ccc(C(=O)O[C@@H](C)C(=O)Nc3cccc(C#N)c3)cc2nc1C. The third kappa shape index (κ3) is 4.13. The van der Waals surface area contributed by atoms with Crippen LogP contribution in [0, 0.1) is 25.2 Å². The van der Waals surface area contributed by atoms with E-state index in [0.717, 1.165) is 11.4 Å². The molecule has 28 heavy (non-hydrogen) atoms. The molecule has 1 aromatic heterocycles. The Bertz CT molecular complexity index is 1120. The zero-order valence-corrected chi connectivity index (χ0v) is 15.7. The van der Waals surface area contributed by atoms with Crippen LogP contribution in [0.15, 0.2) is 42.5 Å². The Morgan fingerprint density at radius 2 is 1.79 bits per heavy atom. The summed E-state index contributed by atoms with van der Waals surface area (Å²) >= 11 is 0. The van der Waals surface area contributed by atoms with Crippen molar-refractivity contribution in [2.24, 2.45) is 0 Å². The first-order valence-corrected chi connectivity index (χ1v) is 8.64. The van der Waals surface area contributed by atoms with Gasteiger partial charge < -0.3 is 10.1 Å². The topological polar surface area (TPSA) is 105 Å². The van der Waals surface area contributed by atoms with Crippen molar-refractivity contribution < 1.29 is 14.3 Å². The van der Waals surface area contributed by atoms with Gasteiger partial charge in [-0.3, -0.25) is 4.79 Å². The average Bonchev–Trinajstić information content (AvgIpc) is 2.68. The van der Waals surface area contributed by atoms with E-state index in [1.54, 1.807) is 42.5 Å². The molecule has 0 bridgehead atoms. The van der Waals surface area contributed by atoms with Crippen LogP contribution in [-0.2, 0) is 9.53 Å². The molecule has 1 heterocycles. The second-order valence-electron chi connectivity index (χ2n) is 6.33. The Hall–Kier alpha value is -3.79. The molecule has 140 valence electrons. The highest BCUT2D eigenvalue weighted by molar-refractivity contribution is 5.98. The molecule has 1 atom stereocenters. The molecule has 0 spiro atoms. The molecule has 0 radical (unpaired) electrons. The van der Waals surface area contributed by atoms with Crippen LogP contribution in [0.5, 0.6) is 0 Å². The number of nitrogens with one attached hydrogen (secondary N) is 1. The molecule has 0 saturated heterocycles. The third-order valence-corrected chi connectivity index (χ3v) is 4.22. The summed E-state index contributed by atoms with van der Waals surface area (Å²) in [5, 5.41) is 11.5. The quantitative estimate of drug-likeness (QED) is 0.703. The Balaban J connectivity index is 1.71. The van der Waals surface area contributed by atoms with Gasteiger partial charge in [-0.15, -0.1) is 0 Å². The number of aromatic nitrogens is 2. The van der Waals surface area contributed by atoms with Crippen LogP contribution in [-0.4, -0.2) is 27.9 Å². The predicted octanol–water partition coefficient (Wildman–Crippen LogP) is 3.30. The van der Waals surface area contributed by atoms with Crippen molar-refractivity contribution in [3.63, 3.8) is 0 Å². The monoisotopic (exact) mass is 374 g/mol. The summed E-state index contributed by atoms with van der Waals surface area (Å²) in [5.41, 5.74) is 4.05. The standard InChI is InChI=1S/C21H18N4O3/c1-12-13(2)24-19-10-16(7-8-18(19)23-12)21(27)28-14(3)20(26)25-17-6-4-5-15(9-17)11-22/h4-10,14H,1-3H3,(H,25,26)/t14-/m0/s1. The van der Waals surface area contributed by atoms with Gasteiger partial charge in [0.1, 0.15) is 0 Å². The summed E-state index contributed by atoms with van der Waals surface area (Å²) < 4.78 is 5.27. The van der Waals surface area contributed by atoms with Crippen LogP contribution < -0.4 is 5.32 Å². The largest absolute Gasteiger partial charge is 0.449 e. The van der Waals surface area contributed by atoms with Crippen LogP contribution in [0.2, 0.25) is 0 Å². The lowest BCUT2D eigenvalue weighted by Gasteiger charge is -2.14. The predicted molar refractivity (Wildman–Crippen MR) is 104 cm³/mol.